The van der Waals surface area contributed by atoms with E-state index in [1.807, 2.05) is 13.8 Å². The van der Waals surface area contributed by atoms with Crippen molar-refractivity contribution in [1.82, 2.24) is 5.32 Å². The van der Waals surface area contributed by atoms with E-state index in [1.54, 1.807) is 24.3 Å². The summed E-state index contributed by atoms with van der Waals surface area (Å²) in [4.78, 5) is 40.7. The van der Waals surface area contributed by atoms with E-state index >= 15 is 4.39 Å². The second-order valence-electron chi connectivity index (χ2n) is 13.0. The maximum atomic E-state index is 15.6. The van der Waals surface area contributed by atoms with E-state index in [-0.39, 0.29) is 40.9 Å². The van der Waals surface area contributed by atoms with Gasteiger partial charge in [-0.15, -0.1) is 0 Å². The summed E-state index contributed by atoms with van der Waals surface area (Å²) in [7, 11) is -4.15. The van der Waals surface area contributed by atoms with Gasteiger partial charge in [-0.3, -0.25) is 14.4 Å². The molecule has 236 valence electrons. The molecular weight excluding hydrogens is 589 g/mol. The summed E-state index contributed by atoms with van der Waals surface area (Å²) in [5.74, 6) is -2.56. The number of nitrogens with one attached hydrogen (secondary N) is 1. The van der Waals surface area contributed by atoms with Gasteiger partial charge in [0.2, 0.25) is 5.91 Å². The normalized spacial score (nSPS) is 27.4. The number of nitrogens with two attached hydrogens (primary N) is 1. The van der Waals surface area contributed by atoms with Gasteiger partial charge in [-0.05, 0) is 95.0 Å². The molecular formula is C32H38FN3O7S. The van der Waals surface area contributed by atoms with Gasteiger partial charge >= 0.3 is 5.97 Å². The minimum Gasteiger partial charge on any atom is -0.491 e. The largest absolute Gasteiger partial charge is 0.491 e. The summed E-state index contributed by atoms with van der Waals surface area (Å²) in [6.07, 6.45) is 5.19. The molecule has 1 aliphatic heterocycles. The molecule has 5 aliphatic rings. The lowest BCUT2D eigenvalue weighted by Crippen LogP contribution is -2.58. The van der Waals surface area contributed by atoms with Gasteiger partial charge < -0.3 is 25.4 Å². The third-order valence-electron chi connectivity index (χ3n) is 9.39. The van der Waals surface area contributed by atoms with Crippen LogP contribution in [0.5, 0.6) is 5.75 Å². The first-order valence-corrected chi connectivity index (χ1v) is 16.9. The van der Waals surface area contributed by atoms with Gasteiger partial charge in [0.15, 0.2) is 9.84 Å². The lowest BCUT2D eigenvalue weighted by atomic mass is 9.57. The number of esters is 1. The Bertz CT molecular complexity index is 1580. The molecule has 2 aromatic carbocycles. The standard InChI is InChI=1S/C32H38FN3O7S/c1-19(2)42-21-5-3-20(4-6-21)17-36-26-15-23(24(33)16-27(26)44(40,41)18-25(34)29(36)38)28(37)35-32-12-9-31(10-13-32,11-14-32)30(39)43-22-7-8-22/h3-6,15-16,19,22,25H,7-14,17-18,34H2,1-2H3,(H,35,37)/t25-,31?,32?/m0/s1. The van der Waals surface area contributed by atoms with E-state index in [4.69, 9.17) is 15.2 Å². The number of ether oxygens (including phenoxy) is 2. The number of sulfone groups is 1. The third-order valence-corrected chi connectivity index (χ3v) is 11.2. The van der Waals surface area contributed by atoms with Crippen LogP contribution >= 0.6 is 0 Å². The molecule has 0 saturated heterocycles. The number of carbonyl (C=O) groups excluding carboxylic acids is 3. The fourth-order valence-corrected chi connectivity index (χ4v) is 8.20. The van der Waals surface area contributed by atoms with Crippen molar-refractivity contribution in [3.63, 3.8) is 0 Å². The van der Waals surface area contributed by atoms with Gasteiger partial charge in [0.1, 0.15) is 17.7 Å². The van der Waals surface area contributed by atoms with Crippen molar-refractivity contribution in [2.24, 2.45) is 11.1 Å². The molecule has 2 bridgehead atoms. The number of amides is 2. The summed E-state index contributed by atoms with van der Waals surface area (Å²) in [5, 5.41) is 3.01. The number of carbonyl (C=O) groups is 3. The first-order chi connectivity index (χ1) is 20.8. The van der Waals surface area contributed by atoms with Gasteiger partial charge in [0.05, 0.1) is 46.0 Å². The first-order valence-electron chi connectivity index (χ1n) is 15.2. The zero-order valence-electron chi connectivity index (χ0n) is 24.9. The van der Waals surface area contributed by atoms with E-state index in [1.165, 1.54) is 4.90 Å². The van der Waals surface area contributed by atoms with Gasteiger partial charge in [-0.1, -0.05) is 12.1 Å². The molecule has 44 heavy (non-hydrogen) atoms. The van der Waals surface area contributed by atoms with Crippen LogP contribution in [-0.2, 0) is 30.7 Å². The van der Waals surface area contributed by atoms with Crippen LogP contribution in [0, 0.1) is 11.2 Å². The van der Waals surface area contributed by atoms with Crippen LogP contribution in [0.25, 0.3) is 0 Å². The molecule has 2 aromatic rings. The van der Waals surface area contributed by atoms with Crippen LogP contribution in [0.1, 0.15) is 81.1 Å². The zero-order valence-corrected chi connectivity index (χ0v) is 25.8. The van der Waals surface area contributed by atoms with Crippen LogP contribution in [0.15, 0.2) is 41.3 Å². The summed E-state index contributed by atoms with van der Waals surface area (Å²) < 4.78 is 53.3. The van der Waals surface area contributed by atoms with E-state index in [0.29, 0.717) is 49.8 Å². The Hall–Kier alpha value is -3.51. The van der Waals surface area contributed by atoms with Crippen LogP contribution in [0.2, 0.25) is 0 Å². The maximum Gasteiger partial charge on any atom is 0.312 e. The van der Waals surface area contributed by atoms with Crippen molar-refractivity contribution < 1.29 is 36.7 Å². The average molecular weight is 628 g/mol. The monoisotopic (exact) mass is 627 g/mol. The summed E-state index contributed by atoms with van der Waals surface area (Å²) in [5.41, 5.74) is 5.09. The molecule has 12 heteroatoms. The number of benzene rings is 2. The van der Waals surface area contributed by atoms with Crippen LogP contribution in [-0.4, -0.2) is 55.7 Å². The Labute approximate surface area is 256 Å². The molecule has 1 atom stereocenters. The Kier molecular flexibility index (Phi) is 7.72. The van der Waals surface area contributed by atoms with Crippen LogP contribution in [0.3, 0.4) is 0 Å². The lowest BCUT2D eigenvalue weighted by Gasteiger charge is -2.52. The number of halogens is 1. The molecule has 3 N–H and O–H groups in total. The molecule has 1 heterocycles. The molecule has 4 aliphatic carbocycles. The van der Waals surface area contributed by atoms with E-state index < -0.39 is 50.2 Å². The molecule has 10 nitrogen and oxygen atoms in total. The summed E-state index contributed by atoms with van der Waals surface area (Å²) in [6, 6.07) is 7.57. The molecule has 4 saturated carbocycles. The highest BCUT2D eigenvalue weighted by molar-refractivity contribution is 7.91. The van der Waals surface area contributed by atoms with Crippen molar-refractivity contribution in [3.8, 4) is 5.75 Å². The topological polar surface area (TPSA) is 145 Å². The van der Waals surface area contributed by atoms with Crippen LogP contribution in [0.4, 0.5) is 10.1 Å². The predicted molar refractivity (Wildman–Crippen MR) is 159 cm³/mol. The Balaban J connectivity index is 1.27. The average Bonchev–Trinajstić information content (AvgIpc) is 3.81. The highest BCUT2D eigenvalue weighted by Crippen LogP contribution is 2.53. The van der Waals surface area contributed by atoms with E-state index in [9.17, 15) is 22.8 Å². The molecule has 4 fully saturated rings. The van der Waals surface area contributed by atoms with E-state index in [2.05, 4.69) is 5.32 Å². The quantitative estimate of drug-likeness (QED) is 0.421. The molecule has 7 rings (SSSR count). The number of rotatable bonds is 8. The lowest BCUT2D eigenvalue weighted by molar-refractivity contribution is -0.164. The highest BCUT2D eigenvalue weighted by atomic mass is 32.2. The second-order valence-corrected chi connectivity index (χ2v) is 15.0. The van der Waals surface area contributed by atoms with Gasteiger partial charge in [0, 0.05) is 5.54 Å². The Morgan fingerprint density at radius 2 is 1.70 bits per heavy atom. The molecule has 0 aromatic heterocycles. The minimum absolute atomic E-state index is 0.0317. The number of hydrogen-bond donors (Lipinski definition) is 2. The van der Waals surface area contributed by atoms with Gasteiger partial charge in [-0.2, -0.15) is 0 Å². The summed E-state index contributed by atoms with van der Waals surface area (Å²) >= 11 is 0. The number of hydrogen-bond acceptors (Lipinski definition) is 8. The van der Waals surface area contributed by atoms with Crippen molar-refractivity contribution in [1.29, 1.82) is 0 Å². The second kappa shape index (κ2) is 11.1. The van der Waals surface area contributed by atoms with Gasteiger partial charge in [-0.25, -0.2) is 12.8 Å². The molecule has 0 spiro atoms. The predicted octanol–water partition coefficient (Wildman–Crippen LogP) is 3.79. The minimum atomic E-state index is -4.15. The molecule has 0 unspecified atom stereocenters. The fourth-order valence-electron chi connectivity index (χ4n) is 6.64. The highest BCUT2D eigenvalue weighted by Gasteiger charge is 2.54. The molecule has 2 amide bonds. The third kappa shape index (κ3) is 5.81. The van der Waals surface area contributed by atoms with Crippen molar-refractivity contribution in [2.75, 3.05) is 10.7 Å². The number of anilines is 1. The van der Waals surface area contributed by atoms with Crippen molar-refractivity contribution in [3.05, 3.63) is 53.3 Å². The zero-order chi connectivity index (χ0) is 31.4. The maximum absolute atomic E-state index is 15.6. The van der Waals surface area contributed by atoms with Gasteiger partial charge in [0.25, 0.3) is 5.91 Å². The first kappa shape index (κ1) is 30.5. The number of fused-ring (bicyclic) bond motifs is 4. The summed E-state index contributed by atoms with van der Waals surface area (Å²) in [6.45, 7) is 3.75. The number of nitrogens with zero attached hydrogens (tertiary/aromatic N) is 1. The van der Waals surface area contributed by atoms with Crippen molar-refractivity contribution >= 4 is 33.3 Å². The smallest absolute Gasteiger partial charge is 0.312 e. The van der Waals surface area contributed by atoms with E-state index in [0.717, 1.165) is 25.0 Å². The fraction of sp³-hybridized carbons (Fsp3) is 0.531. The Morgan fingerprint density at radius 1 is 1.07 bits per heavy atom. The van der Waals surface area contributed by atoms with Crippen molar-refractivity contribution in [2.45, 2.75) is 100 Å². The SMILES string of the molecule is CC(C)Oc1ccc(CN2C(=O)[C@@H](N)CS(=O)(=O)c3cc(F)c(C(=O)NC45CCC(C(=O)OC6CC6)(CC4)CC5)cc32)cc1. The Morgan fingerprint density at radius 3 is 2.30 bits per heavy atom. The molecule has 0 radical (unpaired) electrons. The van der Waals surface area contributed by atoms with Crippen LogP contribution < -0.4 is 20.7 Å².